The molecule has 0 radical (unpaired) electrons. The Kier molecular flexibility index (Phi) is 10.9. The predicted octanol–water partition coefficient (Wildman–Crippen LogP) is 2.44. The molecule has 0 unspecified atom stereocenters. The number of esters is 1. The fourth-order valence-electron chi connectivity index (χ4n) is 2.96. The quantitative estimate of drug-likeness (QED) is 0.201. The number of hydrogen-bond donors (Lipinski definition) is 2. The highest BCUT2D eigenvalue weighted by Crippen LogP contribution is 2.27. The molecule has 1 fully saturated rings. The van der Waals surface area contributed by atoms with Crippen LogP contribution >= 0.6 is 24.0 Å². The molecule has 1 aromatic rings. The fourth-order valence-corrected chi connectivity index (χ4v) is 2.96. The van der Waals surface area contributed by atoms with Crippen LogP contribution in [0.25, 0.3) is 0 Å². The molecule has 0 aliphatic carbocycles. The number of phenols is 1. The third-order valence-electron chi connectivity index (χ3n) is 4.24. The molecule has 152 valence electrons. The Hall–Kier alpha value is -1.71. The van der Waals surface area contributed by atoms with Crippen molar-refractivity contribution in [1.82, 2.24) is 10.2 Å². The normalized spacial score (nSPS) is 14.5. The van der Waals surface area contributed by atoms with E-state index in [9.17, 15) is 9.90 Å². The van der Waals surface area contributed by atoms with Gasteiger partial charge in [-0.3, -0.25) is 9.79 Å². The van der Waals surface area contributed by atoms with E-state index < -0.39 is 0 Å². The van der Waals surface area contributed by atoms with Crippen LogP contribution in [0.15, 0.2) is 29.3 Å². The van der Waals surface area contributed by atoms with Gasteiger partial charge >= 0.3 is 5.97 Å². The van der Waals surface area contributed by atoms with Crippen LogP contribution in [0.1, 0.15) is 26.7 Å². The zero-order valence-corrected chi connectivity index (χ0v) is 18.5. The van der Waals surface area contributed by atoms with E-state index in [0.717, 1.165) is 44.4 Å². The van der Waals surface area contributed by atoms with Crippen LogP contribution in [0.3, 0.4) is 0 Å². The maximum absolute atomic E-state index is 11.4. The van der Waals surface area contributed by atoms with Gasteiger partial charge in [0.05, 0.1) is 12.3 Å². The van der Waals surface area contributed by atoms with E-state index in [4.69, 9.17) is 4.74 Å². The van der Waals surface area contributed by atoms with Gasteiger partial charge in [0.2, 0.25) is 0 Å². The Morgan fingerprint density at radius 3 is 2.56 bits per heavy atom. The van der Waals surface area contributed by atoms with Crippen LogP contribution < -0.4 is 10.2 Å². The minimum Gasteiger partial charge on any atom is -0.506 e. The van der Waals surface area contributed by atoms with Crippen LogP contribution in [0.4, 0.5) is 5.69 Å². The average molecular weight is 490 g/mol. The molecule has 0 atom stereocenters. The topological polar surface area (TPSA) is 77.4 Å². The first-order chi connectivity index (χ1) is 12.7. The zero-order chi connectivity index (χ0) is 18.8. The van der Waals surface area contributed by atoms with E-state index in [1.807, 2.05) is 32.0 Å². The second-order valence-electron chi connectivity index (χ2n) is 6.11. The Bertz CT molecular complexity index is 604. The molecule has 8 heteroatoms. The van der Waals surface area contributed by atoms with Gasteiger partial charge in [-0.15, -0.1) is 24.0 Å². The smallest absolute Gasteiger partial charge is 0.305 e. The lowest BCUT2D eigenvalue weighted by Gasteiger charge is -2.37. The number of carbonyl (C=O) groups excluding carboxylic acids is 1. The van der Waals surface area contributed by atoms with Crippen molar-refractivity contribution in [2.75, 3.05) is 50.8 Å². The number of rotatable bonds is 7. The van der Waals surface area contributed by atoms with Crippen LogP contribution in [0.2, 0.25) is 0 Å². The molecule has 0 bridgehead atoms. The first-order valence-electron chi connectivity index (χ1n) is 9.37. The average Bonchev–Trinajstić information content (AvgIpc) is 2.65. The summed E-state index contributed by atoms with van der Waals surface area (Å²) in [6.45, 7) is 9.00. The lowest BCUT2D eigenvalue weighted by molar-refractivity contribution is -0.143. The SMILES string of the molecule is CCNC(=NCCCC(=O)OCC)N1CCN(c2ccccc2O)CC1.I. The van der Waals surface area contributed by atoms with Gasteiger partial charge in [0, 0.05) is 45.7 Å². The number of nitrogens with zero attached hydrogens (tertiary/aromatic N) is 3. The molecule has 27 heavy (non-hydrogen) atoms. The van der Waals surface area contributed by atoms with Crippen molar-refractivity contribution >= 4 is 41.6 Å². The summed E-state index contributed by atoms with van der Waals surface area (Å²) in [6.07, 6.45) is 1.09. The Morgan fingerprint density at radius 1 is 1.22 bits per heavy atom. The van der Waals surface area contributed by atoms with Crippen molar-refractivity contribution < 1.29 is 14.6 Å². The van der Waals surface area contributed by atoms with E-state index in [1.54, 1.807) is 6.07 Å². The number of hydrogen-bond acceptors (Lipinski definition) is 5. The molecule has 0 spiro atoms. The minimum absolute atomic E-state index is 0. The molecular formula is C19H31IN4O3. The van der Waals surface area contributed by atoms with E-state index in [2.05, 4.69) is 20.1 Å². The van der Waals surface area contributed by atoms with Crippen molar-refractivity contribution in [3.05, 3.63) is 24.3 Å². The molecule has 0 saturated carbocycles. The van der Waals surface area contributed by atoms with Gasteiger partial charge < -0.3 is 25.0 Å². The molecule has 1 aliphatic heterocycles. The van der Waals surface area contributed by atoms with Crippen LogP contribution in [0, 0.1) is 0 Å². The highest BCUT2D eigenvalue weighted by atomic mass is 127. The zero-order valence-electron chi connectivity index (χ0n) is 16.2. The fraction of sp³-hybridized carbons (Fsp3) is 0.579. The van der Waals surface area contributed by atoms with Crippen molar-refractivity contribution in [3.63, 3.8) is 0 Å². The van der Waals surface area contributed by atoms with Gasteiger partial charge in [0.15, 0.2) is 5.96 Å². The van der Waals surface area contributed by atoms with Crippen LogP contribution in [-0.2, 0) is 9.53 Å². The number of guanidine groups is 1. The molecule has 0 amide bonds. The number of ether oxygens (including phenoxy) is 1. The Morgan fingerprint density at radius 2 is 1.93 bits per heavy atom. The van der Waals surface area contributed by atoms with Gasteiger partial charge in [-0.25, -0.2) is 0 Å². The minimum atomic E-state index is -0.163. The Labute approximate surface area is 178 Å². The molecule has 1 aliphatic rings. The van der Waals surface area contributed by atoms with Gasteiger partial charge in [-0.2, -0.15) is 0 Å². The lowest BCUT2D eigenvalue weighted by Crippen LogP contribution is -2.52. The number of benzene rings is 1. The predicted molar refractivity (Wildman–Crippen MR) is 119 cm³/mol. The molecule has 1 heterocycles. The monoisotopic (exact) mass is 490 g/mol. The van der Waals surface area contributed by atoms with Crippen molar-refractivity contribution in [2.24, 2.45) is 4.99 Å². The Balaban J connectivity index is 0.00000364. The summed E-state index contributed by atoms with van der Waals surface area (Å²) in [4.78, 5) is 20.4. The summed E-state index contributed by atoms with van der Waals surface area (Å²) < 4.78 is 4.94. The third-order valence-corrected chi connectivity index (χ3v) is 4.24. The summed E-state index contributed by atoms with van der Waals surface area (Å²) in [7, 11) is 0. The second kappa shape index (κ2) is 12.6. The van der Waals surface area contributed by atoms with Crippen molar-refractivity contribution in [3.8, 4) is 5.75 Å². The molecular weight excluding hydrogens is 459 g/mol. The van der Waals surface area contributed by atoms with Crippen LogP contribution in [0.5, 0.6) is 5.75 Å². The number of anilines is 1. The molecule has 1 aromatic carbocycles. The first kappa shape index (κ1) is 23.3. The summed E-state index contributed by atoms with van der Waals surface area (Å²) in [5, 5.41) is 13.3. The number of aliphatic imine (C=N–C) groups is 1. The number of nitrogens with one attached hydrogen (secondary N) is 1. The maximum atomic E-state index is 11.4. The number of phenolic OH excluding ortho intramolecular Hbond substituents is 1. The summed E-state index contributed by atoms with van der Waals surface area (Å²) >= 11 is 0. The van der Waals surface area contributed by atoms with Gasteiger partial charge in [0.1, 0.15) is 5.75 Å². The van der Waals surface area contributed by atoms with E-state index >= 15 is 0 Å². The standard InChI is InChI=1S/C19H30N4O3.HI/c1-3-20-19(21-11-7-10-18(25)26-4-2)23-14-12-22(13-15-23)16-8-5-6-9-17(16)24;/h5-6,8-9,24H,3-4,7,10-15H2,1-2H3,(H,20,21);1H. The molecule has 1 saturated heterocycles. The van der Waals surface area contributed by atoms with Crippen LogP contribution in [-0.4, -0.2) is 67.8 Å². The number of para-hydroxylation sites is 2. The summed E-state index contributed by atoms with van der Waals surface area (Å²) in [6, 6.07) is 7.44. The maximum Gasteiger partial charge on any atom is 0.305 e. The van der Waals surface area contributed by atoms with Gasteiger partial charge in [-0.05, 0) is 32.4 Å². The number of carbonyl (C=O) groups is 1. The largest absolute Gasteiger partial charge is 0.506 e. The second-order valence-corrected chi connectivity index (χ2v) is 6.11. The summed E-state index contributed by atoms with van der Waals surface area (Å²) in [5.41, 5.74) is 0.878. The molecule has 7 nitrogen and oxygen atoms in total. The highest BCUT2D eigenvalue weighted by Gasteiger charge is 2.21. The number of aromatic hydroxyl groups is 1. The molecule has 2 N–H and O–H groups in total. The first-order valence-corrected chi connectivity index (χ1v) is 9.37. The van der Waals surface area contributed by atoms with E-state index in [0.29, 0.717) is 31.7 Å². The van der Waals surface area contributed by atoms with E-state index in [1.165, 1.54) is 0 Å². The van der Waals surface area contributed by atoms with Gasteiger partial charge in [-0.1, -0.05) is 12.1 Å². The third kappa shape index (κ3) is 7.43. The van der Waals surface area contributed by atoms with Crippen molar-refractivity contribution in [1.29, 1.82) is 0 Å². The lowest BCUT2D eigenvalue weighted by atomic mass is 10.2. The molecule has 2 rings (SSSR count). The van der Waals surface area contributed by atoms with Crippen molar-refractivity contribution in [2.45, 2.75) is 26.7 Å². The number of piperazine rings is 1. The molecule has 0 aromatic heterocycles. The van der Waals surface area contributed by atoms with Gasteiger partial charge in [0.25, 0.3) is 0 Å². The highest BCUT2D eigenvalue weighted by molar-refractivity contribution is 14.0. The summed E-state index contributed by atoms with van der Waals surface area (Å²) in [5.74, 6) is 1.04. The van der Waals surface area contributed by atoms with E-state index in [-0.39, 0.29) is 29.9 Å². The number of halogens is 1.